The van der Waals surface area contributed by atoms with Crippen LogP contribution in [0.1, 0.15) is 25.3 Å². The molecule has 1 aromatic carbocycles. The van der Waals surface area contributed by atoms with Gasteiger partial charge in [-0.3, -0.25) is 4.99 Å². The minimum Gasteiger partial charge on any atom is -0.492 e. The molecule has 4 nitrogen and oxygen atoms in total. The summed E-state index contributed by atoms with van der Waals surface area (Å²) in [5.74, 6) is 1.88. The van der Waals surface area contributed by atoms with E-state index in [2.05, 4.69) is 47.6 Å². The third-order valence-electron chi connectivity index (χ3n) is 4.30. The molecular formula is C18H23N3O. The summed E-state index contributed by atoms with van der Waals surface area (Å²) in [6, 6.07) is 8.29. The van der Waals surface area contributed by atoms with Gasteiger partial charge in [0.25, 0.3) is 0 Å². The average Bonchev–Trinajstić information content (AvgIpc) is 2.92. The third-order valence-corrected chi connectivity index (χ3v) is 4.30. The molecule has 0 saturated carbocycles. The molecule has 4 heteroatoms. The van der Waals surface area contributed by atoms with Crippen molar-refractivity contribution >= 4 is 5.84 Å². The fourth-order valence-electron chi connectivity index (χ4n) is 3.24. The molecule has 0 saturated heterocycles. The van der Waals surface area contributed by atoms with Crippen LogP contribution in [-0.2, 0) is 5.41 Å². The lowest BCUT2D eigenvalue weighted by Crippen LogP contribution is -2.40. The molecule has 1 spiro atoms. The molecule has 2 aliphatic rings. The van der Waals surface area contributed by atoms with E-state index in [9.17, 15) is 0 Å². The summed E-state index contributed by atoms with van der Waals surface area (Å²) < 4.78 is 5.97. The van der Waals surface area contributed by atoms with Gasteiger partial charge in [-0.1, -0.05) is 43.4 Å². The number of nitrogens with two attached hydrogens (primary N) is 1. The number of allylic oxidation sites excluding steroid dienone is 3. The number of hydrogen-bond acceptors (Lipinski definition) is 3. The Kier molecular flexibility index (Phi) is 4.29. The Balaban J connectivity index is 2.03. The van der Waals surface area contributed by atoms with Crippen LogP contribution in [0.4, 0.5) is 0 Å². The van der Waals surface area contributed by atoms with Crippen LogP contribution in [0.5, 0.6) is 5.75 Å². The van der Waals surface area contributed by atoms with Crippen LogP contribution in [0.3, 0.4) is 0 Å². The number of ether oxygens (including phenoxy) is 1. The van der Waals surface area contributed by atoms with Gasteiger partial charge in [0.15, 0.2) is 0 Å². The molecule has 0 fully saturated rings. The molecule has 0 amide bonds. The molecule has 22 heavy (non-hydrogen) atoms. The summed E-state index contributed by atoms with van der Waals surface area (Å²) in [7, 11) is 0. The molecule has 0 aromatic heterocycles. The molecule has 1 unspecified atom stereocenters. The van der Waals surface area contributed by atoms with Crippen LogP contribution in [0.15, 0.2) is 53.1 Å². The first-order valence-electron chi connectivity index (χ1n) is 7.90. The molecule has 3 rings (SSSR count). The van der Waals surface area contributed by atoms with Gasteiger partial charge in [0, 0.05) is 17.7 Å². The maximum absolute atomic E-state index is 5.97. The Morgan fingerprint density at radius 1 is 1.41 bits per heavy atom. The Morgan fingerprint density at radius 2 is 2.27 bits per heavy atom. The molecule has 1 aliphatic heterocycles. The summed E-state index contributed by atoms with van der Waals surface area (Å²) in [5, 5.41) is 3.43. The minimum absolute atomic E-state index is 0.153. The molecular weight excluding hydrogens is 274 g/mol. The quantitative estimate of drug-likeness (QED) is 0.663. The standard InChI is InChI=1S/C18H23N3O/c1-2-11-20-17(21-13-19)15-8-5-6-10-18(15)12-22-16-9-4-3-7-14(16)18/h3-9H,2,10-13,19H2,1H3,(H,20,21). The second-order valence-electron chi connectivity index (χ2n) is 5.70. The molecule has 3 N–H and O–H groups in total. The van der Waals surface area contributed by atoms with Gasteiger partial charge in [-0.2, -0.15) is 0 Å². The van der Waals surface area contributed by atoms with Crippen LogP contribution >= 0.6 is 0 Å². The number of benzene rings is 1. The molecule has 116 valence electrons. The predicted octanol–water partition coefficient (Wildman–Crippen LogP) is 2.52. The highest BCUT2D eigenvalue weighted by molar-refractivity contribution is 6.01. The van der Waals surface area contributed by atoms with Crippen LogP contribution in [0, 0.1) is 0 Å². The molecule has 0 bridgehead atoms. The minimum atomic E-state index is -0.153. The highest BCUT2D eigenvalue weighted by Gasteiger charge is 2.45. The Morgan fingerprint density at radius 3 is 3.09 bits per heavy atom. The van der Waals surface area contributed by atoms with Crippen molar-refractivity contribution < 1.29 is 4.74 Å². The number of hydrogen-bond donors (Lipinski definition) is 2. The first-order valence-corrected chi connectivity index (χ1v) is 7.90. The fourth-order valence-corrected chi connectivity index (χ4v) is 3.24. The normalized spacial score (nSPS) is 23.2. The lowest BCUT2D eigenvalue weighted by Gasteiger charge is -2.33. The van der Waals surface area contributed by atoms with E-state index in [1.807, 2.05) is 12.1 Å². The van der Waals surface area contributed by atoms with E-state index in [0.717, 1.165) is 31.0 Å². The van der Waals surface area contributed by atoms with E-state index in [1.54, 1.807) is 0 Å². The fraction of sp³-hybridized carbons (Fsp3) is 0.389. The number of rotatable bonds is 4. The van der Waals surface area contributed by atoms with Crippen LogP contribution in [-0.4, -0.2) is 25.7 Å². The molecule has 0 radical (unpaired) electrons. The van der Waals surface area contributed by atoms with Crippen molar-refractivity contribution in [3.8, 4) is 5.75 Å². The lowest BCUT2D eigenvalue weighted by atomic mass is 9.70. The van der Waals surface area contributed by atoms with Gasteiger partial charge >= 0.3 is 0 Å². The van der Waals surface area contributed by atoms with Gasteiger partial charge in [-0.05, 0) is 18.9 Å². The Hall–Kier alpha value is -2.07. The summed E-state index contributed by atoms with van der Waals surface area (Å²) >= 11 is 0. The zero-order chi connectivity index (χ0) is 15.4. The monoisotopic (exact) mass is 297 g/mol. The maximum Gasteiger partial charge on any atom is 0.126 e. The highest BCUT2D eigenvalue weighted by Crippen LogP contribution is 2.47. The van der Waals surface area contributed by atoms with E-state index >= 15 is 0 Å². The number of nitrogens with one attached hydrogen (secondary N) is 1. The zero-order valence-electron chi connectivity index (χ0n) is 13.0. The van der Waals surface area contributed by atoms with Crippen LogP contribution < -0.4 is 15.8 Å². The van der Waals surface area contributed by atoms with Gasteiger partial charge in [0.2, 0.25) is 0 Å². The first-order chi connectivity index (χ1) is 10.8. The summed E-state index contributed by atoms with van der Waals surface area (Å²) in [4.78, 5) is 4.50. The van der Waals surface area contributed by atoms with Crippen molar-refractivity contribution in [2.45, 2.75) is 25.2 Å². The van der Waals surface area contributed by atoms with E-state index in [1.165, 1.54) is 11.1 Å². The van der Waals surface area contributed by atoms with Crippen LogP contribution in [0.2, 0.25) is 0 Å². The smallest absolute Gasteiger partial charge is 0.126 e. The van der Waals surface area contributed by atoms with Crippen molar-refractivity contribution in [3.63, 3.8) is 0 Å². The van der Waals surface area contributed by atoms with E-state index in [0.29, 0.717) is 6.61 Å². The number of fused-ring (bicyclic) bond motifs is 2. The third kappa shape index (κ3) is 2.44. The summed E-state index contributed by atoms with van der Waals surface area (Å²) in [6.45, 7) is 3.97. The van der Waals surface area contributed by atoms with Crippen LogP contribution in [0.25, 0.3) is 0 Å². The molecule has 1 heterocycles. The topological polar surface area (TPSA) is 59.6 Å². The van der Waals surface area contributed by atoms with Gasteiger partial charge in [-0.15, -0.1) is 0 Å². The van der Waals surface area contributed by atoms with Crippen molar-refractivity contribution in [2.24, 2.45) is 10.7 Å². The van der Waals surface area contributed by atoms with Gasteiger partial charge in [0.05, 0.1) is 12.1 Å². The summed E-state index contributed by atoms with van der Waals surface area (Å²) in [5.41, 5.74) is 7.96. The Bertz CT molecular complexity index is 633. The lowest BCUT2D eigenvalue weighted by molar-refractivity contribution is 0.292. The number of nitrogens with zero attached hydrogens (tertiary/aromatic N) is 1. The second kappa shape index (κ2) is 6.36. The molecule has 1 aliphatic carbocycles. The molecule has 1 aromatic rings. The average molecular weight is 297 g/mol. The largest absolute Gasteiger partial charge is 0.492 e. The van der Waals surface area contributed by atoms with Crippen molar-refractivity contribution in [1.82, 2.24) is 5.32 Å². The SMILES string of the molecule is CCCN/C(=N\CN)C1=CC=CCC12COc1ccccc12. The number of aliphatic imine (C=N–C) groups is 1. The van der Waals surface area contributed by atoms with E-state index < -0.39 is 0 Å². The second-order valence-corrected chi connectivity index (χ2v) is 5.70. The molecule has 1 atom stereocenters. The zero-order valence-corrected chi connectivity index (χ0v) is 13.0. The predicted molar refractivity (Wildman–Crippen MR) is 90.2 cm³/mol. The first kappa shape index (κ1) is 14.9. The number of amidine groups is 1. The van der Waals surface area contributed by atoms with Gasteiger partial charge < -0.3 is 15.8 Å². The van der Waals surface area contributed by atoms with Gasteiger partial charge in [0.1, 0.15) is 18.2 Å². The Labute approximate surface area is 131 Å². The summed E-state index contributed by atoms with van der Waals surface area (Å²) in [6.07, 6.45) is 8.42. The van der Waals surface area contributed by atoms with E-state index in [4.69, 9.17) is 10.5 Å². The van der Waals surface area contributed by atoms with Gasteiger partial charge in [-0.25, -0.2) is 0 Å². The van der Waals surface area contributed by atoms with Crippen molar-refractivity contribution in [2.75, 3.05) is 19.8 Å². The van der Waals surface area contributed by atoms with Crippen molar-refractivity contribution in [3.05, 3.63) is 53.6 Å². The highest BCUT2D eigenvalue weighted by atomic mass is 16.5. The van der Waals surface area contributed by atoms with E-state index in [-0.39, 0.29) is 12.1 Å². The maximum atomic E-state index is 5.97. The van der Waals surface area contributed by atoms with Crippen molar-refractivity contribution in [1.29, 1.82) is 0 Å². The number of para-hydroxylation sites is 1.